The van der Waals surface area contributed by atoms with Gasteiger partial charge in [-0.2, -0.15) is 4.31 Å². The number of hydrogen-bond acceptors (Lipinski definition) is 5. The third kappa shape index (κ3) is 4.31. The summed E-state index contributed by atoms with van der Waals surface area (Å²) in [7, 11) is -3.61. The number of fused-ring (bicyclic) bond motifs is 1. The highest BCUT2D eigenvalue weighted by Crippen LogP contribution is 2.29. The molecule has 1 aromatic heterocycles. The number of carbonyl (C=O) groups is 1. The minimum Gasteiger partial charge on any atom is -0.325 e. The van der Waals surface area contributed by atoms with Crippen LogP contribution in [0, 0.1) is 0 Å². The molecule has 2 atom stereocenters. The molecule has 0 spiro atoms. The van der Waals surface area contributed by atoms with E-state index in [9.17, 15) is 18.0 Å². The van der Waals surface area contributed by atoms with Crippen molar-refractivity contribution in [3.63, 3.8) is 0 Å². The fourth-order valence-corrected chi connectivity index (χ4v) is 6.16. The van der Waals surface area contributed by atoms with Gasteiger partial charge < -0.3 is 5.32 Å². The molecular weight excluding hydrogens is 428 g/mol. The highest BCUT2D eigenvalue weighted by Gasteiger charge is 2.35. The van der Waals surface area contributed by atoms with Gasteiger partial charge in [0.2, 0.25) is 15.9 Å². The van der Waals surface area contributed by atoms with Gasteiger partial charge in [0.05, 0.1) is 22.1 Å². The lowest BCUT2D eigenvalue weighted by Gasteiger charge is -2.37. The first kappa shape index (κ1) is 22.2. The molecule has 0 unspecified atom stereocenters. The van der Waals surface area contributed by atoms with Crippen LogP contribution in [0.4, 0.5) is 5.69 Å². The molecule has 0 saturated carbocycles. The fraction of sp³-hybridized carbons (Fsp3) is 0.348. The number of aromatic nitrogens is 2. The van der Waals surface area contributed by atoms with Crippen molar-refractivity contribution in [2.75, 3.05) is 5.32 Å². The molecule has 1 amide bonds. The summed E-state index contributed by atoms with van der Waals surface area (Å²) in [5.74, 6) is -0.405. The number of nitrogens with zero attached hydrogens (tertiary/aromatic N) is 3. The van der Waals surface area contributed by atoms with Gasteiger partial charge in [0.1, 0.15) is 6.54 Å². The normalized spacial score (nSPS) is 19.7. The van der Waals surface area contributed by atoms with E-state index >= 15 is 0 Å². The Bertz CT molecular complexity index is 1290. The summed E-state index contributed by atoms with van der Waals surface area (Å²) < 4.78 is 29.1. The smallest absolute Gasteiger partial charge is 0.261 e. The van der Waals surface area contributed by atoms with Crippen LogP contribution >= 0.6 is 0 Å². The lowest BCUT2D eigenvalue weighted by Crippen LogP contribution is -2.47. The van der Waals surface area contributed by atoms with Gasteiger partial charge in [-0.25, -0.2) is 13.4 Å². The Morgan fingerprint density at radius 2 is 1.72 bits per heavy atom. The Kier molecular flexibility index (Phi) is 6.12. The molecule has 0 aliphatic carbocycles. The zero-order valence-electron chi connectivity index (χ0n) is 18.1. The van der Waals surface area contributed by atoms with Crippen molar-refractivity contribution in [2.24, 2.45) is 0 Å². The predicted molar refractivity (Wildman–Crippen MR) is 123 cm³/mol. The van der Waals surface area contributed by atoms with Gasteiger partial charge in [0.15, 0.2) is 0 Å². The Labute approximate surface area is 186 Å². The summed E-state index contributed by atoms with van der Waals surface area (Å²) in [6, 6.07) is 13.0. The molecule has 2 heterocycles. The van der Waals surface area contributed by atoms with Gasteiger partial charge in [-0.3, -0.25) is 14.2 Å². The number of amides is 1. The SMILES string of the molecule is C[C@H]1CCC[C@H](C)N1S(=O)(=O)c1ccc(NC(=O)Cn2cnc3ccccc3c2=O)cc1. The average Bonchev–Trinajstić information content (AvgIpc) is 2.76. The zero-order chi connectivity index (χ0) is 22.9. The molecule has 2 aromatic carbocycles. The molecule has 32 heavy (non-hydrogen) atoms. The summed E-state index contributed by atoms with van der Waals surface area (Å²) >= 11 is 0. The van der Waals surface area contributed by atoms with Gasteiger partial charge in [-0.15, -0.1) is 0 Å². The Hall–Kier alpha value is -3.04. The molecule has 9 heteroatoms. The van der Waals surface area contributed by atoms with Crippen LogP contribution in [0.5, 0.6) is 0 Å². The first-order valence-corrected chi connectivity index (χ1v) is 12.1. The molecular formula is C23H26N4O4S. The van der Waals surface area contributed by atoms with E-state index in [0.717, 1.165) is 19.3 Å². The number of benzene rings is 2. The highest BCUT2D eigenvalue weighted by atomic mass is 32.2. The number of sulfonamides is 1. The number of anilines is 1. The number of hydrogen-bond donors (Lipinski definition) is 1. The van der Waals surface area contributed by atoms with E-state index < -0.39 is 15.9 Å². The maximum absolute atomic E-state index is 13.1. The van der Waals surface area contributed by atoms with Crippen molar-refractivity contribution < 1.29 is 13.2 Å². The standard InChI is InChI=1S/C23H26N4O4S/c1-16-6-5-7-17(2)27(16)32(30,31)19-12-10-18(11-13-19)25-22(28)14-26-15-24-21-9-4-3-8-20(21)23(26)29/h3-4,8-13,15-17H,5-7,14H2,1-2H3,(H,25,28)/t16-,17-/m0/s1. The van der Waals surface area contributed by atoms with E-state index in [1.165, 1.54) is 23.0 Å². The summed E-state index contributed by atoms with van der Waals surface area (Å²) in [5.41, 5.74) is 0.732. The van der Waals surface area contributed by atoms with Crippen LogP contribution in [0.2, 0.25) is 0 Å². The first-order valence-electron chi connectivity index (χ1n) is 10.6. The largest absolute Gasteiger partial charge is 0.325 e. The monoisotopic (exact) mass is 454 g/mol. The third-order valence-electron chi connectivity index (χ3n) is 5.87. The third-order valence-corrected chi connectivity index (χ3v) is 8.01. The van der Waals surface area contributed by atoms with E-state index in [2.05, 4.69) is 10.3 Å². The lowest BCUT2D eigenvalue weighted by molar-refractivity contribution is -0.116. The minimum atomic E-state index is -3.61. The number of para-hydroxylation sites is 1. The maximum Gasteiger partial charge on any atom is 0.261 e. The van der Waals surface area contributed by atoms with E-state index in [-0.39, 0.29) is 29.1 Å². The van der Waals surface area contributed by atoms with Crippen molar-refractivity contribution in [1.29, 1.82) is 0 Å². The summed E-state index contributed by atoms with van der Waals surface area (Å²) in [6.45, 7) is 3.68. The van der Waals surface area contributed by atoms with Crippen LogP contribution in [0.25, 0.3) is 10.9 Å². The summed E-state index contributed by atoms with van der Waals surface area (Å²) in [6.07, 6.45) is 4.07. The van der Waals surface area contributed by atoms with E-state index in [1.807, 2.05) is 13.8 Å². The molecule has 1 saturated heterocycles. The molecule has 0 bridgehead atoms. The van der Waals surface area contributed by atoms with Crippen LogP contribution in [0.15, 0.2) is 64.5 Å². The van der Waals surface area contributed by atoms with Gasteiger partial charge >= 0.3 is 0 Å². The van der Waals surface area contributed by atoms with Gasteiger partial charge in [0.25, 0.3) is 5.56 Å². The van der Waals surface area contributed by atoms with Crippen LogP contribution in [0.1, 0.15) is 33.1 Å². The van der Waals surface area contributed by atoms with E-state index in [1.54, 1.807) is 40.7 Å². The van der Waals surface area contributed by atoms with Gasteiger partial charge in [-0.1, -0.05) is 18.6 Å². The second kappa shape index (κ2) is 8.84. The Balaban J connectivity index is 1.47. The van der Waals surface area contributed by atoms with Crippen molar-refractivity contribution in [3.05, 3.63) is 65.2 Å². The predicted octanol–water partition coefficient (Wildman–Crippen LogP) is 2.99. The molecule has 1 aliphatic heterocycles. The minimum absolute atomic E-state index is 0.0444. The fourth-order valence-electron chi connectivity index (χ4n) is 4.28. The number of piperidine rings is 1. The van der Waals surface area contributed by atoms with Crippen LogP contribution in [-0.2, 0) is 21.4 Å². The number of nitrogens with one attached hydrogen (secondary N) is 1. The van der Waals surface area contributed by atoms with E-state index in [0.29, 0.717) is 16.6 Å². The van der Waals surface area contributed by atoms with Crippen molar-refractivity contribution in [2.45, 2.75) is 56.6 Å². The van der Waals surface area contributed by atoms with Crippen LogP contribution in [0.3, 0.4) is 0 Å². The Morgan fingerprint density at radius 3 is 2.41 bits per heavy atom. The maximum atomic E-state index is 13.1. The molecule has 4 rings (SSSR count). The molecule has 3 aromatic rings. The molecule has 1 N–H and O–H groups in total. The molecule has 8 nitrogen and oxygen atoms in total. The summed E-state index contributed by atoms with van der Waals surface area (Å²) in [4.78, 5) is 29.4. The molecule has 168 valence electrons. The highest BCUT2D eigenvalue weighted by molar-refractivity contribution is 7.89. The van der Waals surface area contributed by atoms with Gasteiger partial charge in [0, 0.05) is 17.8 Å². The van der Waals surface area contributed by atoms with Crippen molar-refractivity contribution >= 4 is 32.5 Å². The molecule has 1 fully saturated rings. The summed E-state index contributed by atoms with van der Waals surface area (Å²) in [5, 5.41) is 3.15. The quantitative estimate of drug-likeness (QED) is 0.639. The second-order valence-electron chi connectivity index (χ2n) is 8.23. The number of rotatable bonds is 5. The molecule has 1 aliphatic rings. The van der Waals surface area contributed by atoms with Crippen LogP contribution < -0.4 is 10.9 Å². The average molecular weight is 455 g/mol. The van der Waals surface area contributed by atoms with Crippen molar-refractivity contribution in [3.8, 4) is 0 Å². The zero-order valence-corrected chi connectivity index (χ0v) is 18.9. The molecule has 0 radical (unpaired) electrons. The number of carbonyl (C=O) groups excluding carboxylic acids is 1. The van der Waals surface area contributed by atoms with Gasteiger partial charge in [-0.05, 0) is 63.1 Å². The first-order chi connectivity index (χ1) is 15.3. The topological polar surface area (TPSA) is 101 Å². The lowest BCUT2D eigenvalue weighted by atomic mass is 10.0. The van der Waals surface area contributed by atoms with Crippen LogP contribution in [-0.4, -0.2) is 40.3 Å². The Morgan fingerprint density at radius 1 is 1.06 bits per heavy atom. The van der Waals surface area contributed by atoms with E-state index in [4.69, 9.17) is 0 Å². The van der Waals surface area contributed by atoms with Crippen molar-refractivity contribution in [1.82, 2.24) is 13.9 Å². The second-order valence-corrected chi connectivity index (χ2v) is 10.1.